The zero-order chi connectivity index (χ0) is 15.8. The quantitative estimate of drug-likeness (QED) is 0.628. The van der Waals surface area contributed by atoms with Crippen molar-refractivity contribution in [3.8, 4) is 0 Å². The molecule has 2 rings (SSSR count). The van der Waals surface area contributed by atoms with Crippen LogP contribution in [-0.2, 0) is 6.18 Å². The molecule has 0 fully saturated rings. The third-order valence-electron chi connectivity index (χ3n) is 3.76. The Hall–Kier alpha value is -1.07. The monoisotopic (exact) mass is 319 g/mol. The van der Waals surface area contributed by atoms with E-state index in [1.165, 1.54) is 11.6 Å². The SMILES string of the molecule is CC1=CC(C)CC(C(O)c2ccc(C(F)(F)F)nc2Cl)C1. The summed E-state index contributed by atoms with van der Waals surface area (Å²) >= 11 is 5.84. The molecule has 0 spiro atoms. The molecule has 21 heavy (non-hydrogen) atoms. The van der Waals surface area contributed by atoms with Gasteiger partial charge in [0.15, 0.2) is 0 Å². The molecule has 0 saturated heterocycles. The molecule has 0 saturated carbocycles. The maximum Gasteiger partial charge on any atom is 0.433 e. The summed E-state index contributed by atoms with van der Waals surface area (Å²) < 4.78 is 37.7. The van der Waals surface area contributed by atoms with E-state index < -0.39 is 18.0 Å². The second-order valence-corrected chi connectivity index (χ2v) is 6.07. The van der Waals surface area contributed by atoms with Gasteiger partial charge >= 0.3 is 6.18 Å². The van der Waals surface area contributed by atoms with Crippen molar-refractivity contribution < 1.29 is 18.3 Å². The Bertz CT molecular complexity index is 556. The van der Waals surface area contributed by atoms with E-state index in [-0.39, 0.29) is 16.6 Å². The number of hydrogen-bond donors (Lipinski definition) is 1. The van der Waals surface area contributed by atoms with Crippen molar-refractivity contribution in [1.82, 2.24) is 4.98 Å². The molecule has 1 aliphatic carbocycles. The van der Waals surface area contributed by atoms with E-state index >= 15 is 0 Å². The number of rotatable bonds is 2. The van der Waals surface area contributed by atoms with Crippen molar-refractivity contribution in [2.45, 2.75) is 39.0 Å². The van der Waals surface area contributed by atoms with Gasteiger partial charge in [-0.15, -0.1) is 0 Å². The van der Waals surface area contributed by atoms with E-state index in [1.54, 1.807) is 0 Å². The van der Waals surface area contributed by atoms with Crippen LogP contribution in [0.2, 0.25) is 5.15 Å². The van der Waals surface area contributed by atoms with Gasteiger partial charge in [-0.2, -0.15) is 13.2 Å². The molecule has 3 unspecified atom stereocenters. The number of allylic oxidation sites excluding steroid dienone is 2. The standard InChI is InChI=1S/C15H17ClF3NO/c1-8-5-9(2)7-10(6-8)13(21)11-3-4-12(15(17,18)19)20-14(11)16/h3-5,8,10,13,21H,6-7H2,1-2H3. The second kappa shape index (κ2) is 5.97. The molecule has 0 bridgehead atoms. The molecule has 116 valence electrons. The van der Waals surface area contributed by atoms with E-state index in [9.17, 15) is 18.3 Å². The molecule has 0 aromatic carbocycles. The maximum atomic E-state index is 12.6. The van der Waals surface area contributed by atoms with Gasteiger partial charge in [0.05, 0.1) is 6.10 Å². The second-order valence-electron chi connectivity index (χ2n) is 5.71. The minimum atomic E-state index is -4.54. The third-order valence-corrected chi connectivity index (χ3v) is 4.06. The topological polar surface area (TPSA) is 33.1 Å². The predicted octanol–water partition coefficient (Wildman–Crippen LogP) is 4.78. The Morgan fingerprint density at radius 3 is 2.57 bits per heavy atom. The zero-order valence-corrected chi connectivity index (χ0v) is 12.5. The van der Waals surface area contributed by atoms with Crippen LogP contribution in [0, 0.1) is 11.8 Å². The highest BCUT2D eigenvalue weighted by Crippen LogP contribution is 2.39. The lowest BCUT2D eigenvalue weighted by molar-refractivity contribution is -0.141. The van der Waals surface area contributed by atoms with E-state index in [0.29, 0.717) is 12.3 Å². The Morgan fingerprint density at radius 1 is 1.38 bits per heavy atom. The first-order valence-corrected chi connectivity index (χ1v) is 7.15. The van der Waals surface area contributed by atoms with Gasteiger partial charge in [-0.3, -0.25) is 0 Å². The Balaban J connectivity index is 2.24. The lowest BCUT2D eigenvalue weighted by Crippen LogP contribution is -2.20. The summed E-state index contributed by atoms with van der Waals surface area (Å²) in [6.45, 7) is 4.04. The number of aliphatic hydroxyl groups excluding tert-OH is 1. The number of nitrogens with zero attached hydrogens (tertiary/aromatic N) is 1. The lowest BCUT2D eigenvalue weighted by atomic mass is 9.79. The van der Waals surface area contributed by atoms with E-state index in [0.717, 1.165) is 12.5 Å². The van der Waals surface area contributed by atoms with Gasteiger partial charge in [-0.25, -0.2) is 4.98 Å². The number of aromatic nitrogens is 1. The van der Waals surface area contributed by atoms with Crippen LogP contribution in [0.15, 0.2) is 23.8 Å². The van der Waals surface area contributed by atoms with Gasteiger partial charge in [0, 0.05) is 5.56 Å². The largest absolute Gasteiger partial charge is 0.433 e. The average molecular weight is 320 g/mol. The fourth-order valence-electron chi connectivity index (χ4n) is 2.91. The molecular weight excluding hydrogens is 303 g/mol. The minimum Gasteiger partial charge on any atom is -0.388 e. The molecule has 1 N–H and O–H groups in total. The smallest absolute Gasteiger partial charge is 0.388 e. The first-order chi connectivity index (χ1) is 9.68. The summed E-state index contributed by atoms with van der Waals surface area (Å²) in [7, 11) is 0. The molecule has 0 radical (unpaired) electrons. The van der Waals surface area contributed by atoms with Crippen LogP contribution in [0.3, 0.4) is 0 Å². The molecule has 1 heterocycles. The molecule has 0 amide bonds. The number of hydrogen-bond acceptors (Lipinski definition) is 2. The van der Waals surface area contributed by atoms with Crippen molar-refractivity contribution in [2.75, 3.05) is 0 Å². The van der Waals surface area contributed by atoms with E-state index in [4.69, 9.17) is 11.6 Å². The molecule has 1 aromatic rings. The lowest BCUT2D eigenvalue weighted by Gasteiger charge is -2.30. The van der Waals surface area contributed by atoms with Gasteiger partial charge in [-0.1, -0.05) is 36.2 Å². The van der Waals surface area contributed by atoms with Crippen molar-refractivity contribution in [3.05, 3.63) is 40.2 Å². The number of halogens is 4. The number of aliphatic hydroxyl groups is 1. The van der Waals surface area contributed by atoms with Gasteiger partial charge < -0.3 is 5.11 Å². The molecule has 6 heteroatoms. The van der Waals surface area contributed by atoms with Crippen molar-refractivity contribution >= 4 is 11.6 Å². The van der Waals surface area contributed by atoms with Crippen molar-refractivity contribution in [1.29, 1.82) is 0 Å². The fourth-order valence-corrected chi connectivity index (χ4v) is 3.18. The summed E-state index contributed by atoms with van der Waals surface area (Å²) in [5.74, 6) is 0.278. The summed E-state index contributed by atoms with van der Waals surface area (Å²) in [6, 6.07) is 2.08. The van der Waals surface area contributed by atoms with Gasteiger partial charge in [0.2, 0.25) is 0 Å². The Labute approximate surface area is 126 Å². The molecule has 1 aliphatic rings. The maximum absolute atomic E-state index is 12.6. The third kappa shape index (κ3) is 3.77. The number of pyridine rings is 1. The summed E-state index contributed by atoms with van der Waals surface area (Å²) in [6.07, 6.45) is -1.81. The van der Waals surface area contributed by atoms with E-state index in [1.807, 2.05) is 6.92 Å². The normalized spacial score (nSPS) is 24.6. The minimum absolute atomic E-state index is 0.0546. The summed E-state index contributed by atoms with van der Waals surface area (Å²) in [5, 5.41) is 10.1. The molecule has 1 aromatic heterocycles. The van der Waals surface area contributed by atoms with E-state index in [2.05, 4.69) is 18.0 Å². The Kier molecular flexibility index (Phi) is 4.63. The number of alkyl halides is 3. The average Bonchev–Trinajstić information content (AvgIpc) is 2.35. The first-order valence-electron chi connectivity index (χ1n) is 6.77. The summed E-state index contributed by atoms with van der Waals surface area (Å²) in [4.78, 5) is 3.36. The van der Waals surface area contributed by atoms with Crippen molar-refractivity contribution in [2.24, 2.45) is 11.8 Å². The van der Waals surface area contributed by atoms with Crippen LogP contribution in [0.5, 0.6) is 0 Å². The van der Waals surface area contributed by atoms with Gasteiger partial charge in [-0.05, 0) is 37.7 Å². The van der Waals surface area contributed by atoms with Crippen LogP contribution in [-0.4, -0.2) is 10.1 Å². The van der Waals surface area contributed by atoms with Crippen LogP contribution < -0.4 is 0 Å². The highest BCUT2D eigenvalue weighted by molar-refractivity contribution is 6.30. The first kappa shape index (κ1) is 16.3. The molecular formula is C15H17ClF3NO. The van der Waals surface area contributed by atoms with Crippen LogP contribution >= 0.6 is 11.6 Å². The molecule has 0 aliphatic heterocycles. The highest BCUT2D eigenvalue weighted by Gasteiger charge is 2.34. The van der Waals surface area contributed by atoms with Crippen LogP contribution in [0.1, 0.15) is 44.1 Å². The van der Waals surface area contributed by atoms with Crippen LogP contribution in [0.4, 0.5) is 13.2 Å². The highest BCUT2D eigenvalue weighted by atomic mass is 35.5. The van der Waals surface area contributed by atoms with Crippen molar-refractivity contribution in [3.63, 3.8) is 0 Å². The Morgan fingerprint density at radius 2 is 2.05 bits per heavy atom. The van der Waals surface area contributed by atoms with Crippen LogP contribution in [0.25, 0.3) is 0 Å². The van der Waals surface area contributed by atoms with Gasteiger partial charge in [0.25, 0.3) is 0 Å². The van der Waals surface area contributed by atoms with Gasteiger partial charge in [0.1, 0.15) is 10.8 Å². The predicted molar refractivity (Wildman–Crippen MR) is 74.9 cm³/mol. The zero-order valence-electron chi connectivity index (χ0n) is 11.8. The fraction of sp³-hybridized carbons (Fsp3) is 0.533. The molecule has 3 atom stereocenters. The summed E-state index contributed by atoms with van der Waals surface area (Å²) in [5.41, 5.74) is 0.391. The molecule has 2 nitrogen and oxygen atoms in total.